The third-order valence-electron chi connectivity index (χ3n) is 8.89. The molecule has 0 bridgehead atoms. The molecule has 1 fully saturated rings. The minimum Gasteiger partial charge on any atom is -0.493 e. The molecule has 0 amide bonds. The third kappa shape index (κ3) is 7.77. The molecule has 0 radical (unpaired) electrons. The predicted molar refractivity (Wildman–Crippen MR) is 179 cm³/mol. The standard InChI is InChI=1S/C37H40F3N3O7/c1-5-49-35(44)19-24-7-11-32(34(17-24)48-4)50-27-12-14-42(15-13-27)23-36(45,37(38,39)40)29-22-43(30-16-25(20-41)6-9-28(29)30)21-26-8-10-31(46-2)33(18-26)47-3/h6-11,16-18,22,27,45H,5,12-15,19,21,23H2,1-4H3. The maximum Gasteiger partial charge on any atom is 0.422 e. The number of ether oxygens (including phenoxy) is 5. The second-order valence-corrected chi connectivity index (χ2v) is 12.1. The monoisotopic (exact) mass is 695 g/mol. The molecule has 1 aliphatic heterocycles. The van der Waals surface area contributed by atoms with E-state index in [2.05, 4.69) is 0 Å². The lowest BCUT2D eigenvalue weighted by atomic mass is 9.90. The number of aliphatic hydroxyl groups is 1. The largest absolute Gasteiger partial charge is 0.493 e. The van der Waals surface area contributed by atoms with Crippen molar-refractivity contribution in [1.29, 1.82) is 5.26 Å². The molecule has 0 saturated carbocycles. The Hall–Kier alpha value is -4.93. The first kappa shape index (κ1) is 36.4. The number of benzene rings is 3. The first-order chi connectivity index (χ1) is 23.9. The molecule has 50 heavy (non-hydrogen) atoms. The van der Waals surface area contributed by atoms with Crippen LogP contribution in [0.25, 0.3) is 10.9 Å². The highest BCUT2D eigenvalue weighted by Gasteiger charge is 2.57. The van der Waals surface area contributed by atoms with Crippen LogP contribution in [-0.2, 0) is 28.1 Å². The number of rotatable bonds is 13. The second-order valence-electron chi connectivity index (χ2n) is 12.1. The lowest BCUT2D eigenvalue weighted by molar-refractivity contribution is -0.272. The summed E-state index contributed by atoms with van der Waals surface area (Å²) >= 11 is 0. The number of nitrogens with zero attached hydrogens (tertiary/aromatic N) is 3. The van der Waals surface area contributed by atoms with Crippen LogP contribution in [0.4, 0.5) is 13.2 Å². The molecule has 4 aromatic rings. The van der Waals surface area contributed by atoms with Crippen LogP contribution in [0, 0.1) is 11.3 Å². The number of aromatic nitrogens is 1. The Labute approximate surface area is 288 Å². The molecule has 1 atom stereocenters. The third-order valence-corrected chi connectivity index (χ3v) is 8.89. The van der Waals surface area contributed by atoms with Gasteiger partial charge < -0.3 is 33.4 Å². The lowest BCUT2D eigenvalue weighted by Crippen LogP contribution is -2.53. The van der Waals surface area contributed by atoms with Crippen LogP contribution < -0.4 is 18.9 Å². The first-order valence-corrected chi connectivity index (χ1v) is 16.2. The van der Waals surface area contributed by atoms with Crippen LogP contribution in [0.5, 0.6) is 23.0 Å². The average molecular weight is 696 g/mol. The van der Waals surface area contributed by atoms with Gasteiger partial charge in [-0.15, -0.1) is 0 Å². The van der Waals surface area contributed by atoms with Gasteiger partial charge in [0.05, 0.1) is 51.5 Å². The highest BCUT2D eigenvalue weighted by atomic mass is 19.4. The number of hydrogen-bond donors (Lipinski definition) is 1. The molecule has 2 heterocycles. The summed E-state index contributed by atoms with van der Waals surface area (Å²) in [6.45, 7) is 1.96. The number of β-amino-alcohol motifs (C(OH)–C–C–N with tert-alkyl or cyclic N) is 1. The molecule has 1 aromatic heterocycles. The van der Waals surface area contributed by atoms with E-state index in [1.807, 2.05) is 6.07 Å². The highest BCUT2D eigenvalue weighted by Crippen LogP contribution is 2.44. The number of esters is 1. The van der Waals surface area contributed by atoms with Crippen molar-refractivity contribution in [2.75, 3.05) is 47.6 Å². The van der Waals surface area contributed by atoms with Crippen molar-refractivity contribution in [2.24, 2.45) is 0 Å². The molecule has 0 spiro atoms. The maximum atomic E-state index is 15.0. The molecule has 1 saturated heterocycles. The van der Waals surface area contributed by atoms with Gasteiger partial charge in [-0.2, -0.15) is 18.4 Å². The maximum absolute atomic E-state index is 15.0. The Morgan fingerprint density at radius 3 is 2.20 bits per heavy atom. The van der Waals surface area contributed by atoms with Crippen LogP contribution >= 0.6 is 0 Å². The van der Waals surface area contributed by atoms with Crippen molar-refractivity contribution >= 4 is 16.9 Å². The lowest BCUT2D eigenvalue weighted by Gasteiger charge is -2.39. The first-order valence-electron chi connectivity index (χ1n) is 16.2. The number of alkyl halides is 3. The van der Waals surface area contributed by atoms with Crippen LogP contribution in [0.2, 0.25) is 0 Å². The van der Waals surface area contributed by atoms with Gasteiger partial charge in [0, 0.05) is 43.3 Å². The second kappa shape index (κ2) is 15.3. The van der Waals surface area contributed by atoms with Gasteiger partial charge in [0.1, 0.15) is 6.10 Å². The van der Waals surface area contributed by atoms with E-state index in [-0.39, 0.29) is 61.2 Å². The van der Waals surface area contributed by atoms with Crippen molar-refractivity contribution in [2.45, 2.75) is 50.6 Å². The van der Waals surface area contributed by atoms with E-state index in [4.69, 9.17) is 23.7 Å². The number of piperidine rings is 1. The zero-order valence-corrected chi connectivity index (χ0v) is 28.4. The summed E-state index contributed by atoms with van der Waals surface area (Å²) in [6, 6.07) is 16.8. The normalized spacial score (nSPS) is 15.3. The Bertz CT molecular complexity index is 1860. The minimum absolute atomic E-state index is 0.0827. The van der Waals surface area contributed by atoms with E-state index >= 15 is 13.2 Å². The highest BCUT2D eigenvalue weighted by molar-refractivity contribution is 5.86. The van der Waals surface area contributed by atoms with Gasteiger partial charge in [0.15, 0.2) is 23.0 Å². The molecular formula is C37H40F3N3O7. The van der Waals surface area contributed by atoms with Gasteiger partial charge in [-0.25, -0.2) is 0 Å². The van der Waals surface area contributed by atoms with Gasteiger partial charge in [-0.1, -0.05) is 18.2 Å². The summed E-state index contributed by atoms with van der Waals surface area (Å²) in [4.78, 5) is 13.5. The van der Waals surface area contributed by atoms with E-state index in [9.17, 15) is 15.2 Å². The summed E-state index contributed by atoms with van der Waals surface area (Å²) in [7, 11) is 4.49. The van der Waals surface area contributed by atoms with Gasteiger partial charge in [0.2, 0.25) is 5.60 Å². The zero-order valence-electron chi connectivity index (χ0n) is 28.4. The van der Waals surface area contributed by atoms with Gasteiger partial charge in [-0.3, -0.25) is 9.69 Å². The number of carbonyl (C=O) groups excluding carboxylic acids is 1. The van der Waals surface area contributed by atoms with Crippen molar-refractivity contribution in [3.05, 3.63) is 83.0 Å². The van der Waals surface area contributed by atoms with Crippen molar-refractivity contribution < 1.29 is 46.8 Å². The molecule has 0 aliphatic carbocycles. The molecule has 10 nitrogen and oxygen atoms in total. The molecule has 13 heteroatoms. The van der Waals surface area contributed by atoms with E-state index in [0.29, 0.717) is 46.9 Å². The Balaban J connectivity index is 1.36. The smallest absolute Gasteiger partial charge is 0.422 e. The van der Waals surface area contributed by atoms with Crippen LogP contribution in [0.15, 0.2) is 60.8 Å². The summed E-state index contributed by atoms with van der Waals surface area (Å²) in [5, 5.41) is 21.4. The van der Waals surface area contributed by atoms with Gasteiger partial charge in [0.25, 0.3) is 0 Å². The Morgan fingerprint density at radius 1 is 0.920 bits per heavy atom. The van der Waals surface area contributed by atoms with Crippen LogP contribution in [0.3, 0.4) is 0 Å². The van der Waals surface area contributed by atoms with Crippen molar-refractivity contribution in [3.63, 3.8) is 0 Å². The summed E-state index contributed by atoms with van der Waals surface area (Å²) < 4.78 is 74.0. The zero-order chi connectivity index (χ0) is 36.1. The Kier molecular flexibility index (Phi) is 11.1. The van der Waals surface area contributed by atoms with E-state index in [0.717, 1.165) is 5.56 Å². The Morgan fingerprint density at radius 2 is 1.56 bits per heavy atom. The summed E-state index contributed by atoms with van der Waals surface area (Å²) in [6.07, 6.45) is -3.09. The summed E-state index contributed by atoms with van der Waals surface area (Å²) in [5.74, 6) is 1.51. The van der Waals surface area contributed by atoms with Crippen molar-refractivity contribution in [3.8, 4) is 29.1 Å². The molecule has 266 valence electrons. The predicted octanol–water partition coefficient (Wildman–Crippen LogP) is 5.99. The number of nitriles is 1. The summed E-state index contributed by atoms with van der Waals surface area (Å²) in [5.41, 5.74) is -1.44. The van der Waals surface area contributed by atoms with E-state index in [1.165, 1.54) is 45.7 Å². The fourth-order valence-electron chi connectivity index (χ4n) is 6.31. The molecule has 5 rings (SSSR count). The number of halogens is 3. The minimum atomic E-state index is -5.02. The van der Waals surface area contributed by atoms with Crippen molar-refractivity contribution in [1.82, 2.24) is 9.47 Å². The molecule has 1 aliphatic rings. The van der Waals surface area contributed by atoms with E-state index in [1.54, 1.807) is 52.8 Å². The average Bonchev–Trinajstić information content (AvgIpc) is 3.46. The van der Waals surface area contributed by atoms with Gasteiger partial charge in [-0.05, 0) is 67.3 Å². The molecule has 3 aromatic carbocycles. The molecular weight excluding hydrogens is 655 g/mol. The topological polar surface area (TPSA) is 115 Å². The SMILES string of the molecule is CCOC(=O)Cc1ccc(OC2CCN(CC(O)(c3cn(Cc4ccc(OC)c(OC)c4)c4cc(C#N)ccc34)C(F)(F)F)CC2)c(OC)c1. The molecule has 1 unspecified atom stereocenters. The number of likely N-dealkylation sites (tertiary alicyclic amines) is 1. The number of hydrogen-bond acceptors (Lipinski definition) is 9. The van der Waals surface area contributed by atoms with E-state index < -0.39 is 18.3 Å². The van der Waals surface area contributed by atoms with Crippen LogP contribution in [-0.4, -0.2) is 80.4 Å². The quantitative estimate of drug-likeness (QED) is 0.169. The number of methoxy groups -OCH3 is 3. The number of fused-ring (bicyclic) bond motifs is 1. The molecule has 1 N–H and O–H groups in total. The fraction of sp³-hybridized carbons (Fsp3) is 0.405. The number of carbonyl (C=O) groups is 1. The van der Waals surface area contributed by atoms with Gasteiger partial charge >= 0.3 is 12.1 Å². The fourth-order valence-corrected chi connectivity index (χ4v) is 6.31. The van der Waals surface area contributed by atoms with Crippen LogP contribution in [0.1, 0.15) is 42.0 Å².